The van der Waals surface area contributed by atoms with E-state index >= 15 is 0 Å². The fourth-order valence-electron chi connectivity index (χ4n) is 3.69. The predicted molar refractivity (Wildman–Crippen MR) is 126 cm³/mol. The molecular formula is C24H22Cl2N2O3. The summed E-state index contributed by atoms with van der Waals surface area (Å²) in [7, 11) is 0. The number of esters is 1. The number of aromatic nitrogens is 1. The third kappa shape index (κ3) is 4.64. The summed E-state index contributed by atoms with van der Waals surface area (Å²) >= 11 is 12.4. The molecule has 0 amide bonds. The largest absolute Gasteiger partial charge is 0.462 e. The summed E-state index contributed by atoms with van der Waals surface area (Å²) in [5.41, 5.74) is 3.28. The molecule has 31 heavy (non-hydrogen) atoms. The molecule has 0 aliphatic rings. The first-order valence-electron chi connectivity index (χ1n) is 10.0. The van der Waals surface area contributed by atoms with E-state index in [9.17, 15) is 9.90 Å². The second-order valence-electron chi connectivity index (χ2n) is 7.27. The molecule has 160 valence electrons. The Morgan fingerprint density at radius 2 is 1.58 bits per heavy atom. The second-order valence-corrected chi connectivity index (χ2v) is 8.14. The van der Waals surface area contributed by atoms with Crippen molar-refractivity contribution in [1.29, 1.82) is 0 Å². The SMILES string of the molecule is CCOC(=O)c1ccc(NC[C@H](O)Cn2c3ccc(Cl)cc3c3cc(Cl)ccc32)cc1. The number of carbonyl (C=O) groups excluding carboxylic acids is 1. The Balaban J connectivity index is 1.51. The number of fused-ring (bicyclic) bond motifs is 3. The fraction of sp³-hybridized carbons (Fsp3) is 0.208. The number of benzene rings is 3. The van der Waals surface area contributed by atoms with E-state index in [-0.39, 0.29) is 5.97 Å². The lowest BCUT2D eigenvalue weighted by Crippen LogP contribution is -2.24. The van der Waals surface area contributed by atoms with E-state index in [1.165, 1.54) is 0 Å². The Kier molecular flexibility index (Phi) is 6.37. The summed E-state index contributed by atoms with van der Waals surface area (Å²) < 4.78 is 7.07. The Morgan fingerprint density at radius 1 is 1.00 bits per heavy atom. The van der Waals surface area contributed by atoms with Gasteiger partial charge >= 0.3 is 5.97 Å². The maximum absolute atomic E-state index is 11.8. The minimum Gasteiger partial charge on any atom is -0.462 e. The monoisotopic (exact) mass is 456 g/mol. The summed E-state index contributed by atoms with van der Waals surface area (Å²) in [5.74, 6) is -0.347. The highest BCUT2D eigenvalue weighted by Crippen LogP contribution is 2.33. The normalized spacial score (nSPS) is 12.3. The molecule has 5 nitrogen and oxygen atoms in total. The van der Waals surface area contributed by atoms with Gasteiger partial charge in [-0.1, -0.05) is 23.2 Å². The van der Waals surface area contributed by atoms with Gasteiger partial charge in [0.25, 0.3) is 0 Å². The van der Waals surface area contributed by atoms with Crippen LogP contribution in [-0.2, 0) is 11.3 Å². The smallest absolute Gasteiger partial charge is 0.338 e. The molecule has 0 saturated carbocycles. The molecule has 1 aromatic heterocycles. The van der Waals surface area contributed by atoms with Gasteiger partial charge in [-0.15, -0.1) is 0 Å². The van der Waals surface area contributed by atoms with Crippen LogP contribution in [0.1, 0.15) is 17.3 Å². The number of aliphatic hydroxyl groups is 1. The van der Waals surface area contributed by atoms with Crippen LogP contribution in [0.25, 0.3) is 21.8 Å². The molecule has 7 heteroatoms. The topological polar surface area (TPSA) is 63.5 Å². The van der Waals surface area contributed by atoms with E-state index in [1.807, 2.05) is 36.4 Å². The van der Waals surface area contributed by atoms with Gasteiger partial charge in [0.05, 0.1) is 24.8 Å². The van der Waals surface area contributed by atoms with Crippen molar-refractivity contribution >= 4 is 56.7 Å². The van der Waals surface area contributed by atoms with Gasteiger partial charge in [-0.25, -0.2) is 4.79 Å². The van der Waals surface area contributed by atoms with Gasteiger partial charge in [-0.3, -0.25) is 0 Å². The lowest BCUT2D eigenvalue weighted by atomic mass is 10.1. The van der Waals surface area contributed by atoms with Gasteiger partial charge < -0.3 is 19.7 Å². The highest BCUT2D eigenvalue weighted by molar-refractivity contribution is 6.33. The van der Waals surface area contributed by atoms with Crippen molar-refractivity contribution in [1.82, 2.24) is 4.57 Å². The fourth-order valence-corrected chi connectivity index (χ4v) is 4.04. The lowest BCUT2D eigenvalue weighted by molar-refractivity contribution is 0.0526. The summed E-state index contributed by atoms with van der Waals surface area (Å²) in [6.45, 7) is 2.86. The van der Waals surface area contributed by atoms with Crippen LogP contribution in [0.2, 0.25) is 10.0 Å². The van der Waals surface area contributed by atoms with Crippen LogP contribution in [0.5, 0.6) is 0 Å². The number of anilines is 1. The average Bonchev–Trinajstić information content (AvgIpc) is 3.05. The lowest BCUT2D eigenvalue weighted by Gasteiger charge is -2.16. The van der Waals surface area contributed by atoms with Crippen LogP contribution in [0.15, 0.2) is 60.7 Å². The van der Waals surface area contributed by atoms with Crippen LogP contribution >= 0.6 is 23.2 Å². The zero-order chi connectivity index (χ0) is 22.0. The maximum atomic E-state index is 11.8. The number of aliphatic hydroxyl groups excluding tert-OH is 1. The van der Waals surface area contributed by atoms with Gasteiger partial charge in [-0.05, 0) is 67.6 Å². The molecule has 0 aliphatic carbocycles. The molecule has 0 saturated heterocycles. The number of rotatable bonds is 7. The van der Waals surface area contributed by atoms with E-state index in [4.69, 9.17) is 27.9 Å². The molecule has 1 atom stereocenters. The van der Waals surface area contributed by atoms with E-state index in [2.05, 4.69) is 9.88 Å². The van der Waals surface area contributed by atoms with Crippen molar-refractivity contribution in [2.24, 2.45) is 0 Å². The molecule has 0 fully saturated rings. The molecule has 0 spiro atoms. The van der Waals surface area contributed by atoms with Crippen molar-refractivity contribution in [3.8, 4) is 0 Å². The van der Waals surface area contributed by atoms with E-state index in [1.54, 1.807) is 31.2 Å². The Hall–Kier alpha value is -2.73. The summed E-state index contributed by atoms with van der Waals surface area (Å²) in [6.07, 6.45) is -0.644. The van der Waals surface area contributed by atoms with E-state index < -0.39 is 6.10 Å². The molecule has 0 radical (unpaired) electrons. The quantitative estimate of drug-likeness (QED) is 0.347. The molecule has 0 unspecified atom stereocenters. The number of hydrogen-bond donors (Lipinski definition) is 2. The number of nitrogens with one attached hydrogen (secondary N) is 1. The molecule has 0 bridgehead atoms. The minimum absolute atomic E-state index is 0.339. The summed E-state index contributed by atoms with van der Waals surface area (Å²) in [6, 6.07) is 18.4. The Morgan fingerprint density at radius 3 is 2.13 bits per heavy atom. The first-order chi connectivity index (χ1) is 15.0. The zero-order valence-electron chi connectivity index (χ0n) is 16.9. The number of nitrogens with zero attached hydrogens (tertiary/aromatic N) is 1. The molecule has 3 aromatic carbocycles. The van der Waals surface area contributed by atoms with Crippen LogP contribution in [-0.4, -0.2) is 34.9 Å². The van der Waals surface area contributed by atoms with Crippen LogP contribution in [0, 0.1) is 0 Å². The maximum Gasteiger partial charge on any atom is 0.338 e. The summed E-state index contributed by atoms with van der Waals surface area (Å²) in [5, 5.41) is 17.2. The highest BCUT2D eigenvalue weighted by Gasteiger charge is 2.15. The molecule has 1 heterocycles. The third-order valence-electron chi connectivity index (χ3n) is 5.12. The first kappa shape index (κ1) is 21.5. The van der Waals surface area contributed by atoms with Crippen molar-refractivity contribution in [2.45, 2.75) is 19.6 Å². The van der Waals surface area contributed by atoms with Gasteiger partial charge in [0.2, 0.25) is 0 Å². The number of carbonyl (C=O) groups is 1. The standard InChI is InChI=1S/C24H22Cl2N2O3/c1-2-31-24(30)15-3-7-18(8-4-15)27-13-19(29)14-28-22-9-5-16(25)11-20(22)21-12-17(26)6-10-23(21)28/h3-12,19,27,29H,2,13-14H2,1H3/t19-/m0/s1. The third-order valence-corrected chi connectivity index (χ3v) is 5.59. The minimum atomic E-state index is -0.644. The van der Waals surface area contributed by atoms with Gasteiger partial charge in [0.1, 0.15) is 0 Å². The number of halogens is 2. The van der Waals surface area contributed by atoms with Gasteiger partial charge in [0, 0.05) is 44.1 Å². The molecular weight excluding hydrogens is 435 g/mol. The Bertz CT molecular complexity index is 1180. The van der Waals surface area contributed by atoms with Gasteiger partial charge in [0.15, 0.2) is 0 Å². The molecule has 4 rings (SSSR count). The molecule has 0 aliphatic heterocycles. The van der Waals surface area contributed by atoms with Crippen LogP contribution in [0.3, 0.4) is 0 Å². The molecule has 2 N–H and O–H groups in total. The molecule has 4 aromatic rings. The van der Waals surface area contributed by atoms with Crippen molar-refractivity contribution in [3.05, 3.63) is 76.3 Å². The zero-order valence-corrected chi connectivity index (χ0v) is 18.5. The van der Waals surface area contributed by atoms with Crippen LogP contribution < -0.4 is 5.32 Å². The second kappa shape index (κ2) is 9.18. The van der Waals surface area contributed by atoms with E-state index in [0.29, 0.717) is 35.3 Å². The number of hydrogen-bond acceptors (Lipinski definition) is 4. The van der Waals surface area contributed by atoms with Crippen molar-refractivity contribution in [3.63, 3.8) is 0 Å². The van der Waals surface area contributed by atoms with Gasteiger partial charge in [-0.2, -0.15) is 0 Å². The van der Waals surface area contributed by atoms with Crippen molar-refractivity contribution < 1.29 is 14.6 Å². The average molecular weight is 457 g/mol. The predicted octanol–water partition coefficient (Wildman–Crippen LogP) is 5.75. The van der Waals surface area contributed by atoms with Crippen LogP contribution in [0.4, 0.5) is 5.69 Å². The van der Waals surface area contributed by atoms with Crippen molar-refractivity contribution in [2.75, 3.05) is 18.5 Å². The first-order valence-corrected chi connectivity index (χ1v) is 10.8. The Labute approximate surface area is 190 Å². The summed E-state index contributed by atoms with van der Waals surface area (Å²) in [4.78, 5) is 11.8. The van der Waals surface area contributed by atoms with E-state index in [0.717, 1.165) is 27.5 Å². The number of ether oxygens (including phenoxy) is 1. The highest BCUT2D eigenvalue weighted by atomic mass is 35.5.